The zero-order valence-corrected chi connectivity index (χ0v) is 79.5. The summed E-state index contributed by atoms with van der Waals surface area (Å²) in [4.78, 5) is 102. The third-order valence-electron chi connectivity index (χ3n) is 28.0. The highest BCUT2D eigenvalue weighted by atomic mass is 32.1. The second-order valence-corrected chi connectivity index (χ2v) is 38.7. The average Bonchev–Trinajstić information content (AvgIpc) is 1.62. The fourth-order valence-electron chi connectivity index (χ4n) is 19.9. The van der Waals surface area contributed by atoms with Gasteiger partial charge in [0.15, 0.2) is 4.96 Å². The number of thiazole rings is 1. The van der Waals surface area contributed by atoms with Gasteiger partial charge in [-0.15, -0.1) is 11.3 Å². The topological polar surface area (TPSA) is 335 Å². The zero-order chi connectivity index (χ0) is 93.9. The van der Waals surface area contributed by atoms with E-state index in [1.165, 1.54) is 38.5 Å². The van der Waals surface area contributed by atoms with Crippen LogP contribution < -0.4 is 22.2 Å². The number of hydrogen-bond acceptors (Lipinski definition) is 25. The van der Waals surface area contributed by atoms with Gasteiger partial charge in [-0.05, 0) is 165 Å². The Morgan fingerprint density at radius 1 is 0.360 bits per heavy atom. The molecule has 0 amide bonds. The first-order valence-corrected chi connectivity index (χ1v) is 50.0. The highest BCUT2D eigenvalue weighted by molar-refractivity contribution is 7.15. The molecule has 714 valence electrons. The maximum atomic E-state index is 13.4. The van der Waals surface area contributed by atoms with Crippen LogP contribution in [0.3, 0.4) is 0 Å². The van der Waals surface area contributed by atoms with Gasteiger partial charge >= 0.3 is 5.84 Å². The van der Waals surface area contributed by atoms with Crippen LogP contribution in [-0.2, 0) is 66.3 Å². The molecule has 139 heavy (non-hydrogen) atoms. The fraction of sp³-hybridized carbons (Fsp3) is 0.412. The summed E-state index contributed by atoms with van der Waals surface area (Å²) in [6, 6.07) is 33.4. The maximum absolute atomic E-state index is 13.4. The van der Waals surface area contributed by atoms with E-state index in [0.717, 1.165) is 270 Å². The van der Waals surface area contributed by atoms with Crippen molar-refractivity contribution < 1.29 is 18.6 Å². The standard InChI is InChI=1S/C26H29N7O2.C26H31N7O2.C25H25N7O2S.C25H27N7O2/c34-26-20-16-18(3-6-21(20)27-17-31(26)11-10-30-12-14-35-15-13-30)25-24(28-23-2-1-8-32(23)25)22-7-9-33(29-22)19-4-5-19;1-18(2)33-9-7-22(29-33)24-25(32-8-3-4-23(32)28-24)19-5-6-21-20(16-19)26(34)31(17-27-21)11-10-30-12-14-35-15-13-30;33-24-19-15-17(1-4-20(19)26-16-30(24)8-7-29-9-12-34-13-10-29)23-22(27-25-31(23)11-14-35-25)21-5-6-32(28-21)18-2-3-18;1-17(2)32-10-7-21(28-32)22-23(31-13-14-34-25(31)27-22)18-5-6-20-19(15-18)24(33)30(16-26-20)12-11-29-8-3-4-9-29/h3,6-7,9,16-17,19H,1-2,4-5,8,10-15H2;5-7,9,16-18H,3-4,8,10-15H2,1-2H3;1,4-6,11,14-16,18H,2-3,7-10,12-13H2;5-7,10,13-17H,3-4,8-9,11-12H2,1-2H3. The summed E-state index contributed by atoms with van der Waals surface area (Å²) in [5, 5.41) is 23.7. The van der Waals surface area contributed by atoms with E-state index < -0.39 is 0 Å². The molecule has 0 atom stereocenters. The van der Waals surface area contributed by atoms with Crippen molar-refractivity contribution in [2.75, 3.05) is 118 Å². The lowest BCUT2D eigenvalue weighted by atomic mass is 10.1. The molecule has 0 unspecified atom stereocenters. The van der Waals surface area contributed by atoms with Crippen LogP contribution in [0, 0.1) is 0 Å². The predicted octanol–water partition coefficient (Wildman–Crippen LogP) is 12.9. The molecule has 0 radical (unpaired) electrons. The fourth-order valence-corrected chi connectivity index (χ4v) is 20.6. The second kappa shape index (κ2) is 38.6. The van der Waals surface area contributed by atoms with E-state index in [2.05, 4.69) is 110 Å². The van der Waals surface area contributed by atoms with Gasteiger partial charge in [-0.3, -0.25) is 79.7 Å². The summed E-state index contributed by atoms with van der Waals surface area (Å²) in [7, 11) is 0. The van der Waals surface area contributed by atoms with E-state index >= 15 is 0 Å². The summed E-state index contributed by atoms with van der Waals surface area (Å²) < 4.78 is 45.3. The number of morpholine rings is 3. The number of aryl methyl sites for hydroxylation is 2. The molecule has 37 heteroatoms. The van der Waals surface area contributed by atoms with Crippen LogP contribution in [0.15, 0.2) is 195 Å². The van der Waals surface area contributed by atoms with Gasteiger partial charge in [0.1, 0.15) is 63.5 Å². The second-order valence-electron chi connectivity index (χ2n) is 37.9. The Labute approximate surface area is 803 Å². The van der Waals surface area contributed by atoms with Crippen molar-refractivity contribution in [3.8, 4) is 90.6 Å². The first-order valence-electron chi connectivity index (χ1n) is 49.1. The maximum Gasteiger partial charge on any atom is 0.306 e. The Morgan fingerprint density at radius 2 is 0.719 bits per heavy atom. The molecule has 0 N–H and O–H groups in total. The van der Waals surface area contributed by atoms with Crippen LogP contribution in [0.2, 0.25) is 0 Å². The summed E-state index contributed by atoms with van der Waals surface area (Å²) in [5.74, 6) is 2.67. The van der Waals surface area contributed by atoms with Crippen LogP contribution in [0.4, 0.5) is 0 Å². The number of hydrogen-bond donors (Lipinski definition) is 0. The van der Waals surface area contributed by atoms with Crippen molar-refractivity contribution in [3.63, 3.8) is 0 Å². The SMILES string of the molecule is CC(C)n1ccc(-c2nc3n(c2-c2ccc4ncn(CCN5CCOCC5)c(=O)c4c2)CCC3)n1.CC(C)n1ccc(-c2nc3occn3c2-c2ccc3ncn(CCN4CCCC4)c(=O)c3c2)n1.O=c1c2cc(-c3c(-c4ccn(C5CC5)n4)nc4n3CCC4)ccc2ncn1CCN1CCOCC1.O=c1c2cc(-c3c(-c4ccn(C5CC5)n4)nc4sccn34)ccc2ncn1CCN1CCOCC1. The number of likely N-dealkylation sites (tertiary alicyclic amines) is 1. The third kappa shape index (κ3) is 18.2. The molecule has 18 aromatic rings. The smallest absolute Gasteiger partial charge is 0.306 e. The van der Waals surface area contributed by atoms with Gasteiger partial charge in [-0.25, -0.2) is 34.9 Å². The molecular weight excluding hydrogens is 1780 g/mol. The highest BCUT2D eigenvalue weighted by Crippen LogP contribution is 2.43. The van der Waals surface area contributed by atoms with Gasteiger partial charge in [0.25, 0.3) is 22.2 Å². The number of fused-ring (bicyclic) bond motifs is 8. The van der Waals surface area contributed by atoms with Crippen LogP contribution in [0.1, 0.15) is 115 Å². The number of ether oxygens (including phenoxy) is 3. The molecule has 26 rings (SSSR count). The molecule has 36 nitrogen and oxygen atoms in total. The summed E-state index contributed by atoms with van der Waals surface area (Å²) in [5.41, 5.74) is 17.2. The minimum atomic E-state index is -0.0235. The zero-order valence-electron chi connectivity index (χ0n) is 78.7. The summed E-state index contributed by atoms with van der Waals surface area (Å²) in [6.07, 6.45) is 31.6. The van der Waals surface area contributed by atoms with Gasteiger partial charge in [-0.2, -0.15) is 25.4 Å². The molecule has 20 heterocycles. The van der Waals surface area contributed by atoms with Crippen LogP contribution in [0.25, 0.3) is 145 Å². The van der Waals surface area contributed by atoms with Gasteiger partial charge < -0.3 is 32.7 Å². The summed E-state index contributed by atoms with van der Waals surface area (Å²) >= 11 is 1.59. The van der Waals surface area contributed by atoms with E-state index in [9.17, 15) is 19.2 Å². The molecule has 6 aliphatic heterocycles. The van der Waals surface area contributed by atoms with Crippen molar-refractivity contribution in [1.29, 1.82) is 0 Å². The Balaban J connectivity index is 0.000000104. The van der Waals surface area contributed by atoms with Crippen molar-refractivity contribution in [2.45, 2.75) is 155 Å². The highest BCUT2D eigenvalue weighted by Gasteiger charge is 2.33. The molecule has 2 aliphatic carbocycles. The van der Waals surface area contributed by atoms with E-state index in [1.54, 1.807) is 61.2 Å². The minimum Gasteiger partial charge on any atom is -0.432 e. The first-order chi connectivity index (χ1) is 68.1. The van der Waals surface area contributed by atoms with Gasteiger partial charge in [0.2, 0.25) is 0 Å². The quantitative estimate of drug-likeness (QED) is 0.0542. The molecule has 0 spiro atoms. The first kappa shape index (κ1) is 89.3. The molecule has 4 saturated heterocycles. The van der Waals surface area contributed by atoms with Gasteiger partial charge in [-0.1, -0.05) is 24.3 Å². The van der Waals surface area contributed by atoms with Crippen LogP contribution >= 0.6 is 11.3 Å². The molecule has 0 bridgehead atoms. The van der Waals surface area contributed by atoms with Crippen molar-refractivity contribution in [3.05, 3.63) is 224 Å². The van der Waals surface area contributed by atoms with Gasteiger partial charge in [0, 0.05) is 194 Å². The van der Waals surface area contributed by atoms with Crippen LogP contribution in [0.5, 0.6) is 0 Å². The number of oxazole rings is 1. The monoisotopic (exact) mass is 1890 g/mol. The Kier molecular flexibility index (Phi) is 24.8. The van der Waals surface area contributed by atoms with Crippen molar-refractivity contribution in [2.24, 2.45) is 0 Å². The predicted molar refractivity (Wildman–Crippen MR) is 531 cm³/mol. The molecule has 2 saturated carbocycles. The lowest BCUT2D eigenvalue weighted by Gasteiger charge is -2.26. The lowest BCUT2D eigenvalue weighted by molar-refractivity contribution is 0.0362. The molecule has 14 aromatic heterocycles. The number of imidazole rings is 4. The van der Waals surface area contributed by atoms with E-state index in [4.69, 9.17) is 59.0 Å². The third-order valence-corrected chi connectivity index (χ3v) is 28.8. The Morgan fingerprint density at radius 3 is 1.11 bits per heavy atom. The Bertz CT molecular complexity index is 7610. The van der Waals surface area contributed by atoms with E-state index in [1.807, 2.05) is 134 Å². The van der Waals surface area contributed by atoms with Crippen molar-refractivity contribution >= 4 is 65.8 Å². The molecule has 4 aromatic carbocycles. The molecular formula is C102H112N28O8S. The van der Waals surface area contributed by atoms with E-state index in [-0.39, 0.29) is 34.3 Å². The summed E-state index contributed by atoms with van der Waals surface area (Å²) in [6.45, 7) is 28.2. The largest absolute Gasteiger partial charge is 0.432 e. The number of rotatable bonds is 24. The number of benzene rings is 4. The molecule has 8 aliphatic rings. The minimum absolute atomic E-state index is 0.00286. The normalized spacial score (nSPS) is 16.7. The number of nitrogens with zero attached hydrogens (tertiary/aromatic N) is 28. The van der Waals surface area contributed by atoms with E-state index in [0.29, 0.717) is 82.2 Å². The average molecular weight is 1890 g/mol. The lowest BCUT2D eigenvalue weighted by Crippen LogP contribution is -2.39. The molecule has 6 fully saturated rings. The van der Waals surface area contributed by atoms with Crippen molar-refractivity contribution in [1.82, 2.24) is 135 Å². The Hall–Kier alpha value is -13.7. The number of aromatic nitrogens is 24. The van der Waals surface area contributed by atoms with Crippen LogP contribution in [-0.4, -0.2) is 253 Å². The van der Waals surface area contributed by atoms with Gasteiger partial charge in [0.05, 0.1) is 143 Å².